The van der Waals surface area contributed by atoms with Crippen LogP contribution in [0.5, 0.6) is 0 Å². The van der Waals surface area contributed by atoms with Gasteiger partial charge in [0.25, 0.3) is 0 Å². The van der Waals surface area contributed by atoms with Gasteiger partial charge in [-0.2, -0.15) is 0 Å². The molecule has 0 bridgehead atoms. The highest BCUT2D eigenvalue weighted by Crippen LogP contribution is 2.27. The van der Waals surface area contributed by atoms with Crippen molar-refractivity contribution in [3.8, 4) is 0 Å². The summed E-state index contributed by atoms with van der Waals surface area (Å²) in [4.78, 5) is 18.2. The zero-order valence-electron chi connectivity index (χ0n) is 14.2. The van der Waals surface area contributed by atoms with Crippen molar-refractivity contribution in [1.29, 1.82) is 0 Å². The molecule has 1 aromatic heterocycles. The molecule has 24 heavy (non-hydrogen) atoms. The van der Waals surface area contributed by atoms with Crippen LogP contribution in [0.4, 0.5) is 10.5 Å². The Morgan fingerprint density at radius 2 is 2.21 bits per heavy atom. The fraction of sp³-hybridized carbons (Fsp3) is 0.444. The molecular weight excluding hydrogens is 326 g/mol. The average molecular weight is 348 g/mol. The fourth-order valence-electron chi connectivity index (χ4n) is 2.84. The largest absolute Gasteiger partial charge is 0.444 e. The lowest BCUT2D eigenvalue weighted by Crippen LogP contribution is -2.36. The molecule has 1 aromatic carbocycles. The van der Waals surface area contributed by atoms with Crippen molar-refractivity contribution in [3.05, 3.63) is 35.5 Å². The summed E-state index contributed by atoms with van der Waals surface area (Å²) in [7, 11) is 0. The summed E-state index contributed by atoms with van der Waals surface area (Å²) < 4.78 is 5.43. The number of carbonyl (C=O) groups excluding carboxylic acids is 1. The third-order valence-electron chi connectivity index (χ3n) is 3.87. The van der Waals surface area contributed by atoms with Crippen LogP contribution in [0.3, 0.4) is 0 Å². The van der Waals surface area contributed by atoms with Gasteiger partial charge in [0, 0.05) is 36.4 Å². The molecule has 6 heteroatoms. The standard InChI is InChI=1S/C18H22ClN3O2/c1-18(2,3)24-17(23)22-8-6-13(11-22)21-14-9-12-5-4-7-20-16(12)15(19)10-14/h4-5,7,9-10,13,21H,6,8,11H2,1-3H3/t13-/m0/s1. The van der Waals surface area contributed by atoms with E-state index in [1.165, 1.54) is 0 Å². The number of benzene rings is 1. The van der Waals surface area contributed by atoms with Crippen molar-refractivity contribution >= 4 is 34.3 Å². The van der Waals surface area contributed by atoms with E-state index in [9.17, 15) is 4.79 Å². The SMILES string of the molecule is CC(C)(C)OC(=O)N1CC[C@H](Nc2cc(Cl)c3ncccc3c2)C1. The maximum absolute atomic E-state index is 12.1. The number of pyridine rings is 1. The van der Waals surface area contributed by atoms with Gasteiger partial charge in [-0.15, -0.1) is 0 Å². The lowest BCUT2D eigenvalue weighted by atomic mass is 10.1. The lowest BCUT2D eigenvalue weighted by molar-refractivity contribution is 0.0293. The minimum absolute atomic E-state index is 0.183. The number of likely N-dealkylation sites (tertiary alicyclic amines) is 1. The Kier molecular flexibility index (Phi) is 4.54. The fourth-order valence-corrected chi connectivity index (χ4v) is 3.11. The summed E-state index contributed by atoms with van der Waals surface area (Å²) in [6.45, 7) is 6.94. The number of fused-ring (bicyclic) bond motifs is 1. The van der Waals surface area contributed by atoms with Crippen molar-refractivity contribution < 1.29 is 9.53 Å². The summed E-state index contributed by atoms with van der Waals surface area (Å²) in [6, 6.07) is 7.98. The number of nitrogens with one attached hydrogen (secondary N) is 1. The highest BCUT2D eigenvalue weighted by atomic mass is 35.5. The Morgan fingerprint density at radius 3 is 2.96 bits per heavy atom. The number of hydrogen-bond acceptors (Lipinski definition) is 4. The van der Waals surface area contributed by atoms with Crippen LogP contribution in [0, 0.1) is 0 Å². The first kappa shape index (κ1) is 16.8. The number of amides is 1. The van der Waals surface area contributed by atoms with Gasteiger partial charge in [0.1, 0.15) is 5.60 Å². The Labute approximate surface area is 146 Å². The monoisotopic (exact) mass is 347 g/mol. The van der Waals surface area contributed by atoms with Crippen molar-refractivity contribution in [2.24, 2.45) is 0 Å². The van der Waals surface area contributed by atoms with Gasteiger partial charge in [-0.1, -0.05) is 17.7 Å². The minimum Gasteiger partial charge on any atom is -0.444 e. The van der Waals surface area contributed by atoms with Crippen molar-refractivity contribution in [2.75, 3.05) is 18.4 Å². The van der Waals surface area contributed by atoms with Gasteiger partial charge in [-0.3, -0.25) is 4.98 Å². The number of rotatable bonds is 2. The molecule has 1 saturated heterocycles. The van der Waals surface area contributed by atoms with Crippen LogP contribution in [0.2, 0.25) is 5.02 Å². The van der Waals surface area contributed by atoms with Gasteiger partial charge in [0.15, 0.2) is 0 Å². The molecule has 1 aliphatic rings. The molecule has 0 radical (unpaired) electrons. The maximum atomic E-state index is 12.1. The number of hydrogen-bond donors (Lipinski definition) is 1. The van der Waals surface area contributed by atoms with Crippen LogP contribution >= 0.6 is 11.6 Å². The van der Waals surface area contributed by atoms with E-state index in [1.54, 1.807) is 11.1 Å². The zero-order valence-corrected chi connectivity index (χ0v) is 14.9. The maximum Gasteiger partial charge on any atom is 0.410 e. The van der Waals surface area contributed by atoms with E-state index in [2.05, 4.69) is 10.3 Å². The third kappa shape index (κ3) is 3.90. The average Bonchev–Trinajstić information content (AvgIpc) is 2.94. The van der Waals surface area contributed by atoms with Gasteiger partial charge in [-0.25, -0.2) is 4.79 Å². The van der Waals surface area contributed by atoms with E-state index in [1.807, 2.05) is 45.0 Å². The van der Waals surface area contributed by atoms with Crippen molar-refractivity contribution in [2.45, 2.75) is 38.8 Å². The summed E-state index contributed by atoms with van der Waals surface area (Å²) >= 11 is 6.31. The molecule has 1 atom stereocenters. The smallest absolute Gasteiger partial charge is 0.410 e. The van der Waals surface area contributed by atoms with Gasteiger partial charge < -0.3 is 15.0 Å². The van der Waals surface area contributed by atoms with Gasteiger partial charge in [0.2, 0.25) is 0 Å². The number of nitrogens with zero attached hydrogens (tertiary/aromatic N) is 2. The summed E-state index contributed by atoms with van der Waals surface area (Å²) in [5.74, 6) is 0. The number of halogens is 1. The van der Waals surface area contributed by atoms with Crippen LogP contribution < -0.4 is 5.32 Å². The van der Waals surface area contributed by atoms with Gasteiger partial charge in [-0.05, 0) is 45.4 Å². The van der Waals surface area contributed by atoms with Crippen LogP contribution in [0.1, 0.15) is 27.2 Å². The first-order valence-electron chi connectivity index (χ1n) is 8.10. The molecule has 5 nitrogen and oxygen atoms in total. The Bertz CT molecular complexity index is 758. The van der Waals surface area contributed by atoms with Gasteiger partial charge >= 0.3 is 6.09 Å². The highest BCUT2D eigenvalue weighted by Gasteiger charge is 2.29. The molecule has 1 amide bonds. The first-order valence-corrected chi connectivity index (χ1v) is 8.48. The molecule has 1 N–H and O–H groups in total. The van der Waals surface area contributed by atoms with Crippen molar-refractivity contribution in [1.82, 2.24) is 9.88 Å². The van der Waals surface area contributed by atoms with E-state index >= 15 is 0 Å². The van der Waals surface area contributed by atoms with Crippen molar-refractivity contribution in [3.63, 3.8) is 0 Å². The second-order valence-corrected chi connectivity index (χ2v) is 7.50. The molecule has 1 fully saturated rings. The van der Waals surface area contributed by atoms with Crippen LogP contribution in [0.15, 0.2) is 30.5 Å². The van der Waals surface area contributed by atoms with Crippen LogP contribution in [-0.4, -0.2) is 40.7 Å². The second-order valence-electron chi connectivity index (χ2n) is 7.09. The summed E-state index contributed by atoms with van der Waals surface area (Å²) in [5, 5.41) is 5.08. The number of carbonyl (C=O) groups is 1. The predicted octanol–water partition coefficient (Wildman–Crippen LogP) is 4.31. The molecule has 0 unspecified atom stereocenters. The topological polar surface area (TPSA) is 54.5 Å². The Hall–Kier alpha value is -2.01. The molecule has 3 rings (SSSR count). The molecule has 0 saturated carbocycles. The van der Waals surface area contributed by atoms with E-state index < -0.39 is 5.60 Å². The lowest BCUT2D eigenvalue weighted by Gasteiger charge is -2.24. The zero-order chi connectivity index (χ0) is 17.3. The second kappa shape index (κ2) is 6.48. The number of aromatic nitrogens is 1. The molecule has 2 heterocycles. The molecule has 0 spiro atoms. The first-order chi connectivity index (χ1) is 11.3. The van der Waals surface area contributed by atoms with E-state index in [-0.39, 0.29) is 12.1 Å². The van der Waals surface area contributed by atoms with Gasteiger partial charge in [0.05, 0.1) is 10.5 Å². The molecule has 0 aliphatic carbocycles. The molecule has 128 valence electrons. The predicted molar refractivity (Wildman–Crippen MR) is 96.6 cm³/mol. The number of anilines is 1. The van der Waals surface area contributed by atoms with E-state index in [4.69, 9.17) is 16.3 Å². The van der Waals surface area contributed by atoms with E-state index in [0.29, 0.717) is 18.1 Å². The Balaban J connectivity index is 1.66. The highest BCUT2D eigenvalue weighted by molar-refractivity contribution is 6.35. The summed E-state index contributed by atoms with van der Waals surface area (Å²) in [6.07, 6.45) is 2.35. The molecular formula is C18H22ClN3O2. The van der Waals surface area contributed by atoms with Crippen LogP contribution in [-0.2, 0) is 4.74 Å². The molecule has 1 aliphatic heterocycles. The van der Waals surface area contributed by atoms with E-state index in [0.717, 1.165) is 23.0 Å². The minimum atomic E-state index is -0.471. The molecule has 2 aromatic rings. The number of ether oxygens (including phenoxy) is 1. The third-order valence-corrected chi connectivity index (χ3v) is 4.16. The van der Waals surface area contributed by atoms with Crippen LogP contribution in [0.25, 0.3) is 10.9 Å². The normalized spacial score (nSPS) is 18.0. The Morgan fingerprint density at radius 1 is 1.42 bits per heavy atom. The summed E-state index contributed by atoms with van der Waals surface area (Å²) in [5.41, 5.74) is 1.27. The quantitative estimate of drug-likeness (QED) is 0.879.